The number of fused-ring (bicyclic) bond motifs is 9. The van der Waals surface area contributed by atoms with Gasteiger partial charge in [-0.15, -0.1) is 11.3 Å². The first-order valence-electron chi connectivity index (χ1n) is 23.1. The van der Waals surface area contributed by atoms with Gasteiger partial charge in [0.25, 0.3) is 0 Å². The summed E-state index contributed by atoms with van der Waals surface area (Å²) < 4.78 is 2.67. The molecule has 0 atom stereocenters. The van der Waals surface area contributed by atoms with Crippen LogP contribution in [0.2, 0.25) is 0 Å². The number of hydrogen-bond acceptors (Lipinski definition) is 1. The first-order chi connectivity index (χ1) is 33.2. The van der Waals surface area contributed by atoms with Gasteiger partial charge in [0.1, 0.15) is 0 Å². The molecule has 0 fully saturated rings. The van der Waals surface area contributed by atoms with Crippen LogP contribution in [-0.2, 0) is 0 Å². The highest BCUT2D eigenvalue weighted by molar-refractivity contribution is 7.26. The molecule has 13 rings (SSSR count). The maximum atomic E-state index is 2.38. The average molecular weight is 867 g/mol. The molecular weight excluding hydrogens is 825 g/mol. The Labute approximate surface area is 394 Å². The van der Waals surface area contributed by atoms with Crippen molar-refractivity contribution in [1.29, 1.82) is 0 Å². The fraction of sp³-hybridized carbons (Fsp3) is 0. The Bertz CT molecular complexity index is 4000. The SMILES string of the molecule is c1cc(-c2ccc(-c3cccc(-c4cccc(-c5ccc6c7ccccc7c7ccccc7c6c5)c4)c3)cc2)cc(-c2cccc(-c3cccc(-c4cccc5c4sc4ccccc45)c3)c2)c1. The second kappa shape index (κ2) is 16.3. The molecule has 0 aliphatic heterocycles. The summed E-state index contributed by atoms with van der Waals surface area (Å²) >= 11 is 1.88. The zero-order chi connectivity index (χ0) is 44.3. The summed E-state index contributed by atoms with van der Waals surface area (Å²) in [6, 6.07) is 93.8. The predicted molar refractivity (Wildman–Crippen MR) is 290 cm³/mol. The van der Waals surface area contributed by atoms with Gasteiger partial charge < -0.3 is 0 Å². The third kappa shape index (κ3) is 7.00. The Balaban J connectivity index is 0.764. The second-order valence-electron chi connectivity index (χ2n) is 17.6. The summed E-state index contributed by atoms with van der Waals surface area (Å²) in [5.41, 5.74) is 17.0. The lowest BCUT2D eigenvalue weighted by Crippen LogP contribution is -1.86. The van der Waals surface area contributed by atoms with Crippen LogP contribution in [0.15, 0.2) is 255 Å². The molecule has 0 saturated heterocycles. The number of benzene rings is 12. The molecule has 0 aliphatic rings. The summed E-state index contributed by atoms with van der Waals surface area (Å²) in [5.74, 6) is 0. The smallest absolute Gasteiger partial charge is 0.0433 e. The molecule has 0 bridgehead atoms. The van der Waals surface area contributed by atoms with Crippen molar-refractivity contribution in [3.8, 4) is 77.9 Å². The fourth-order valence-corrected chi connectivity index (χ4v) is 11.5. The largest absolute Gasteiger partial charge is 0.135 e. The maximum Gasteiger partial charge on any atom is 0.0433 e. The lowest BCUT2D eigenvalue weighted by Gasteiger charge is -2.13. The van der Waals surface area contributed by atoms with Gasteiger partial charge in [-0.3, -0.25) is 0 Å². The van der Waals surface area contributed by atoms with E-state index in [-0.39, 0.29) is 0 Å². The van der Waals surface area contributed by atoms with Gasteiger partial charge >= 0.3 is 0 Å². The zero-order valence-corrected chi connectivity index (χ0v) is 37.5. The number of hydrogen-bond donors (Lipinski definition) is 0. The van der Waals surface area contributed by atoms with E-state index in [1.807, 2.05) is 11.3 Å². The molecule has 0 unspecified atom stereocenters. The van der Waals surface area contributed by atoms with Crippen LogP contribution < -0.4 is 0 Å². The first-order valence-corrected chi connectivity index (χ1v) is 23.9. The van der Waals surface area contributed by atoms with Crippen molar-refractivity contribution >= 4 is 63.8 Å². The van der Waals surface area contributed by atoms with Crippen molar-refractivity contribution in [1.82, 2.24) is 0 Å². The summed E-state index contributed by atoms with van der Waals surface area (Å²) in [7, 11) is 0. The lowest BCUT2D eigenvalue weighted by atomic mass is 9.91. The molecular formula is C66H42S. The summed E-state index contributed by atoms with van der Waals surface area (Å²) in [4.78, 5) is 0. The maximum absolute atomic E-state index is 2.38. The van der Waals surface area contributed by atoms with E-state index < -0.39 is 0 Å². The van der Waals surface area contributed by atoms with Crippen LogP contribution in [0.3, 0.4) is 0 Å². The molecule has 312 valence electrons. The Hall–Kier alpha value is -8.36. The topological polar surface area (TPSA) is 0 Å². The Morgan fingerprint density at radius 2 is 0.493 bits per heavy atom. The van der Waals surface area contributed by atoms with E-state index in [1.54, 1.807) is 0 Å². The van der Waals surface area contributed by atoms with E-state index in [0.29, 0.717) is 0 Å². The van der Waals surface area contributed by atoms with Crippen LogP contribution >= 0.6 is 11.3 Å². The van der Waals surface area contributed by atoms with E-state index in [4.69, 9.17) is 0 Å². The van der Waals surface area contributed by atoms with Gasteiger partial charge in [-0.2, -0.15) is 0 Å². The highest BCUT2D eigenvalue weighted by Gasteiger charge is 2.14. The molecule has 0 amide bonds. The van der Waals surface area contributed by atoms with Crippen LogP contribution in [0.1, 0.15) is 0 Å². The van der Waals surface area contributed by atoms with Crippen molar-refractivity contribution in [2.45, 2.75) is 0 Å². The van der Waals surface area contributed by atoms with Gasteiger partial charge in [0.15, 0.2) is 0 Å². The second-order valence-corrected chi connectivity index (χ2v) is 18.7. The molecule has 1 heteroatoms. The van der Waals surface area contributed by atoms with E-state index in [0.717, 1.165) is 0 Å². The molecule has 0 aliphatic carbocycles. The van der Waals surface area contributed by atoms with Crippen LogP contribution in [0.4, 0.5) is 0 Å². The molecule has 0 N–H and O–H groups in total. The summed E-state index contributed by atoms with van der Waals surface area (Å²) in [5, 5.41) is 10.4. The van der Waals surface area contributed by atoms with Crippen molar-refractivity contribution in [3.63, 3.8) is 0 Å². The van der Waals surface area contributed by atoms with Crippen LogP contribution in [0.5, 0.6) is 0 Å². The van der Waals surface area contributed by atoms with Gasteiger partial charge in [-0.1, -0.05) is 212 Å². The van der Waals surface area contributed by atoms with E-state index in [9.17, 15) is 0 Å². The van der Waals surface area contributed by atoms with Gasteiger partial charge in [0, 0.05) is 20.2 Å². The van der Waals surface area contributed by atoms with E-state index >= 15 is 0 Å². The van der Waals surface area contributed by atoms with E-state index in [1.165, 1.54) is 130 Å². The molecule has 12 aromatic carbocycles. The quantitative estimate of drug-likeness (QED) is 0.140. The average Bonchev–Trinajstić information content (AvgIpc) is 3.80. The van der Waals surface area contributed by atoms with Crippen LogP contribution in [0.25, 0.3) is 130 Å². The highest BCUT2D eigenvalue weighted by Crippen LogP contribution is 2.42. The normalized spacial score (nSPS) is 11.6. The van der Waals surface area contributed by atoms with Crippen LogP contribution in [0, 0.1) is 0 Å². The molecule has 1 aromatic heterocycles. The van der Waals surface area contributed by atoms with Crippen molar-refractivity contribution in [2.75, 3.05) is 0 Å². The third-order valence-corrected chi connectivity index (χ3v) is 14.9. The predicted octanol–water partition coefficient (Wildman–Crippen LogP) is 19.2. The molecule has 0 saturated carbocycles. The Kier molecular flexibility index (Phi) is 9.48. The Morgan fingerprint density at radius 3 is 0.970 bits per heavy atom. The molecule has 0 spiro atoms. The van der Waals surface area contributed by atoms with Gasteiger partial charge in [-0.05, 0) is 153 Å². The van der Waals surface area contributed by atoms with Crippen molar-refractivity contribution < 1.29 is 0 Å². The van der Waals surface area contributed by atoms with Gasteiger partial charge in [-0.25, -0.2) is 0 Å². The third-order valence-electron chi connectivity index (χ3n) is 13.7. The van der Waals surface area contributed by atoms with Crippen molar-refractivity contribution in [3.05, 3.63) is 255 Å². The van der Waals surface area contributed by atoms with E-state index in [2.05, 4.69) is 255 Å². The minimum absolute atomic E-state index is 1.20. The summed E-state index contributed by atoms with van der Waals surface area (Å²) in [6.45, 7) is 0. The first kappa shape index (κ1) is 39.0. The minimum atomic E-state index is 1.20. The monoisotopic (exact) mass is 866 g/mol. The van der Waals surface area contributed by atoms with Gasteiger partial charge in [0.2, 0.25) is 0 Å². The highest BCUT2D eigenvalue weighted by atomic mass is 32.1. The Morgan fingerprint density at radius 1 is 0.179 bits per heavy atom. The molecule has 0 nitrogen and oxygen atoms in total. The summed E-state index contributed by atoms with van der Waals surface area (Å²) in [6.07, 6.45) is 0. The van der Waals surface area contributed by atoms with Crippen LogP contribution in [-0.4, -0.2) is 0 Å². The number of thiophene rings is 1. The number of rotatable bonds is 7. The molecule has 13 aromatic rings. The lowest BCUT2D eigenvalue weighted by molar-refractivity contribution is 1.56. The molecule has 1 heterocycles. The molecule has 0 radical (unpaired) electrons. The van der Waals surface area contributed by atoms with Crippen molar-refractivity contribution in [2.24, 2.45) is 0 Å². The zero-order valence-electron chi connectivity index (χ0n) is 36.7. The standard InChI is InChI=1S/C66H42S/c1-2-25-59-57(23-1)58-24-3-4-26-60(58)64-42-54(35-36-61(59)64)52-20-10-18-50(40-52)48-16-8-14-46(38-48)44-33-31-43(32-34-44)45-13-7-15-47(37-45)49-17-9-19-51(39-49)53-21-11-22-55(41-53)56-28-12-29-63-62-27-5-6-30-65(62)67-66(56)63/h1-42H. The molecule has 67 heavy (non-hydrogen) atoms. The minimum Gasteiger partial charge on any atom is -0.135 e. The van der Waals surface area contributed by atoms with Gasteiger partial charge in [0.05, 0.1) is 0 Å². The fourth-order valence-electron chi connectivity index (χ4n) is 10.3.